The van der Waals surface area contributed by atoms with Gasteiger partial charge in [0, 0.05) is 42.7 Å². The monoisotopic (exact) mass is 332 g/mol. The third-order valence-corrected chi connectivity index (χ3v) is 5.20. The Morgan fingerprint density at radius 1 is 1.26 bits per heavy atom. The molecule has 0 atom stereocenters. The Morgan fingerprint density at radius 2 is 2.00 bits per heavy atom. The molecule has 0 radical (unpaired) electrons. The fraction of sp³-hybridized carbons (Fsp3) is 0.588. The highest BCUT2D eigenvalue weighted by Gasteiger charge is 2.22. The van der Waals surface area contributed by atoms with Gasteiger partial charge in [0.05, 0.1) is 5.69 Å². The molecule has 0 saturated carbocycles. The van der Waals surface area contributed by atoms with Gasteiger partial charge in [0.25, 0.3) is 5.56 Å². The lowest BCUT2D eigenvalue weighted by Gasteiger charge is -2.31. The minimum atomic E-state index is -0.0380. The molecule has 0 bridgehead atoms. The zero-order valence-corrected chi connectivity index (χ0v) is 14.8. The van der Waals surface area contributed by atoms with Crippen molar-refractivity contribution in [3.63, 3.8) is 0 Å². The second-order valence-electron chi connectivity index (χ2n) is 7.23. The summed E-state index contributed by atoms with van der Waals surface area (Å²) in [5, 5.41) is 7.71. The molecule has 3 heterocycles. The highest BCUT2D eigenvalue weighted by molar-refractivity contribution is 7.13. The van der Waals surface area contributed by atoms with E-state index in [1.165, 1.54) is 0 Å². The predicted molar refractivity (Wildman–Crippen MR) is 94.2 cm³/mol. The van der Waals surface area contributed by atoms with E-state index in [2.05, 4.69) is 35.8 Å². The summed E-state index contributed by atoms with van der Waals surface area (Å²) in [7, 11) is 0. The first-order valence-electron chi connectivity index (χ1n) is 8.16. The molecule has 6 heteroatoms. The van der Waals surface area contributed by atoms with Crippen LogP contribution in [0.4, 0.5) is 5.13 Å². The molecule has 5 nitrogen and oxygen atoms in total. The third-order valence-electron chi connectivity index (χ3n) is 4.37. The van der Waals surface area contributed by atoms with Crippen LogP contribution in [0.3, 0.4) is 0 Å². The summed E-state index contributed by atoms with van der Waals surface area (Å²) in [6.45, 7) is 9.09. The smallest absolute Gasteiger partial charge is 0.266 e. The maximum Gasteiger partial charge on any atom is 0.266 e. The molecular formula is C17H24N4OS. The van der Waals surface area contributed by atoms with Gasteiger partial charge in [-0.25, -0.2) is 9.67 Å². The Labute approximate surface area is 141 Å². The predicted octanol–water partition coefficient (Wildman–Crippen LogP) is 2.91. The molecule has 124 valence electrons. The van der Waals surface area contributed by atoms with E-state index in [4.69, 9.17) is 0 Å². The highest BCUT2D eigenvalue weighted by atomic mass is 32.1. The number of rotatable bonds is 3. The first kappa shape index (κ1) is 16.2. The second-order valence-corrected chi connectivity index (χ2v) is 8.11. The van der Waals surface area contributed by atoms with Gasteiger partial charge in [-0.2, -0.15) is 5.10 Å². The third kappa shape index (κ3) is 3.80. The summed E-state index contributed by atoms with van der Waals surface area (Å²) >= 11 is 1.69. The van der Waals surface area contributed by atoms with Crippen molar-refractivity contribution in [2.75, 3.05) is 18.0 Å². The van der Waals surface area contributed by atoms with Crippen LogP contribution in [-0.2, 0) is 12.0 Å². The minimum Gasteiger partial charge on any atom is -0.348 e. The van der Waals surface area contributed by atoms with Crippen LogP contribution >= 0.6 is 11.3 Å². The van der Waals surface area contributed by atoms with Crippen molar-refractivity contribution in [1.82, 2.24) is 14.8 Å². The van der Waals surface area contributed by atoms with Crippen molar-refractivity contribution in [1.29, 1.82) is 0 Å². The number of piperidine rings is 1. The van der Waals surface area contributed by atoms with Gasteiger partial charge in [0.2, 0.25) is 0 Å². The summed E-state index contributed by atoms with van der Waals surface area (Å²) < 4.78 is 1.66. The first-order chi connectivity index (χ1) is 10.9. The quantitative estimate of drug-likeness (QED) is 0.867. The lowest BCUT2D eigenvalue weighted by atomic mass is 9.92. The Balaban J connectivity index is 1.66. The van der Waals surface area contributed by atoms with Gasteiger partial charge in [0.1, 0.15) is 0 Å². The van der Waals surface area contributed by atoms with E-state index in [1.54, 1.807) is 22.1 Å². The SMILES string of the molecule is CC(C)(C)c1ccc(=O)n(CC2CCN(c3nccs3)CC2)n1. The Morgan fingerprint density at radius 3 is 2.61 bits per heavy atom. The van der Waals surface area contributed by atoms with Gasteiger partial charge in [-0.15, -0.1) is 11.3 Å². The topological polar surface area (TPSA) is 51.0 Å². The van der Waals surface area contributed by atoms with Gasteiger partial charge in [0.15, 0.2) is 5.13 Å². The van der Waals surface area contributed by atoms with Crippen LogP contribution in [0.1, 0.15) is 39.3 Å². The second kappa shape index (κ2) is 6.43. The molecular weight excluding hydrogens is 308 g/mol. The zero-order chi connectivity index (χ0) is 16.4. The summed E-state index contributed by atoms with van der Waals surface area (Å²) in [5.41, 5.74) is 0.932. The van der Waals surface area contributed by atoms with Crippen molar-refractivity contribution < 1.29 is 0 Å². The van der Waals surface area contributed by atoms with Crippen molar-refractivity contribution >= 4 is 16.5 Å². The van der Waals surface area contributed by atoms with Crippen LogP contribution in [0.15, 0.2) is 28.5 Å². The molecule has 3 rings (SSSR count). The molecule has 2 aromatic rings. The molecule has 0 N–H and O–H groups in total. The lowest BCUT2D eigenvalue weighted by molar-refractivity contribution is 0.330. The highest BCUT2D eigenvalue weighted by Crippen LogP contribution is 2.25. The average Bonchev–Trinajstić information content (AvgIpc) is 3.03. The van der Waals surface area contributed by atoms with Crippen molar-refractivity contribution in [2.24, 2.45) is 5.92 Å². The molecule has 23 heavy (non-hydrogen) atoms. The van der Waals surface area contributed by atoms with Gasteiger partial charge in [-0.3, -0.25) is 4.79 Å². The van der Waals surface area contributed by atoms with Crippen LogP contribution in [-0.4, -0.2) is 27.9 Å². The molecule has 1 saturated heterocycles. The van der Waals surface area contributed by atoms with E-state index in [9.17, 15) is 4.79 Å². The summed E-state index contributed by atoms with van der Waals surface area (Å²) in [6, 6.07) is 3.50. The van der Waals surface area contributed by atoms with Crippen LogP contribution in [0.25, 0.3) is 0 Å². The van der Waals surface area contributed by atoms with Crippen LogP contribution in [0, 0.1) is 5.92 Å². The summed E-state index contributed by atoms with van der Waals surface area (Å²) in [5.74, 6) is 0.506. The average molecular weight is 332 g/mol. The molecule has 0 aromatic carbocycles. The molecule has 0 aliphatic carbocycles. The van der Waals surface area contributed by atoms with E-state index in [0.29, 0.717) is 12.5 Å². The van der Waals surface area contributed by atoms with Crippen LogP contribution in [0.2, 0.25) is 0 Å². The van der Waals surface area contributed by atoms with E-state index >= 15 is 0 Å². The number of thiazole rings is 1. The normalized spacial score (nSPS) is 16.7. The lowest BCUT2D eigenvalue weighted by Crippen LogP contribution is -2.37. The zero-order valence-electron chi connectivity index (χ0n) is 14.0. The fourth-order valence-corrected chi connectivity index (χ4v) is 3.60. The standard InChI is InChI=1S/C17H24N4OS/c1-17(2,3)14-4-5-15(22)21(19-14)12-13-6-9-20(10-7-13)16-18-8-11-23-16/h4-5,8,11,13H,6-7,9-10,12H2,1-3H3. The minimum absolute atomic E-state index is 0.000327. The molecule has 0 spiro atoms. The first-order valence-corrected chi connectivity index (χ1v) is 9.04. The van der Waals surface area contributed by atoms with Gasteiger partial charge < -0.3 is 4.90 Å². The maximum absolute atomic E-state index is 12.1. The fourth-order valence-electron chi connectivity index (χ4n) is 2.90. The van der Waals surface area contributed by atoms with Gasteiger partial charge in [-0.1, -0.05) is 20.8 Å². The van der Waals surface area contributed by atoms with Crippen LogP contribution < -0.4 is 10.5 Å². The molecule has 2 aromatic heterocycles. The number of nitrogens with zero attached hydrogens (tertiary/aromatic N) is 4. The van der Waals surface area contributed by atoms with Gasteiger partial charge >= 0.3 is 0 Å². The summed E-state index contributed by atoms with van der Waals surface area (Å²) in [6.07, 6.45) is 4.01. The number of anilines is 1. The van der Waals surface area contributed by atoms with Crippen LogP contribution in [0.5, 0.6) is 0 Å². The Hall–Kier alpha value is -1.69. The van der Waals surface area contributed by atoms with E-state index in [-0.39, 0.29) is 11.0 Å². The number of hydrogen-bond acceptors (Lipinski definition) is 5. The van der Waals surface area contributed by atoms with Crippen molar-refractivity contribution in [2.45, 2.75) is 45.6 Å². The summed E-state index contributed by atoms with van der Waals surface area (Å²) in [4.78, 5) is 18.8. The largest absolute Gasteiger partial charge is 0.348 e. The number of aromatic nitrogens is 3. The van der Waals surface area contributed by atoms with E-state index in [1.807, 2.05) is 17.6 Å². The van der Waals surface area contributed by atoms with E-state index in [0.717, 1.165) is 36.8 Å². The van der Waals surface area contributed by atoms with Crippen molar-refractivity contribution in [3.8, 4) is 0 Å². The molecule has 1 aliphatic rings. The number of hydrogen-bond donors (Lipinski definition) is 0. The Bertz CT molecular complexity index is 694. The molecule has 0 unspecified atom stereocenters. The maximum atomic E-state index is 12.1. The van der Waals surface area contributed by atoms with E-state index < -0.39 is 0 Å². The Kier molecular flexibility index (Phi) is 4.53. The molecule has 0 amide bonds. The molecule has 1 aliphatic heterocycles. The molecule has 1 fully saturated rings. The van der Waals surface area contributed by atoms with Gasteiger partial charge in [-0.05, 0) is 24.8 Å². The van der Waals surface area contributed by atoms with Crippen molar-refractivity contribution in [3.05, 3.63) is 39.8 Å².